The van der Waals surface area contributed by atoms with E-state index < -0.39 is 18.6 Å². The number of unbranched alkanes of at least 4 members (excludes halogenated alkanes) is 1. The minimum absolute atomic E-state index is 0.0654. The van der Waals surface area contributed by atoms with Gasteiger partial charge in [-0.25, -0.2) is 0 Å². The minimum Gasteiger partial charge on any atom is -0.481 e. The number of hydrogen-bond acceptors (Lipinski definition) is 6. The molecule has 0 aliphatic heterocycles. The lowest BCUT2D eigenvalue weighted by atomic mass is 10.2. The topological polar surface area (TPSA) is 75.1 Å². The number of carbonyl (C=O) groups is 1. The molecule has 1 aromatic rings. The standard InChI is InChI=1S/C9H12F3N3O2S2/c10-9(11,12)3-1-2-4-13-7-14-15-8(19-7)18-5-6(16)17/h1-5H2,(H,13,14)(H,16,17). The van der Waals surface area contributed by atoms with Crippen molar-refractivity contribution in [2.45, 2.75) is 29.8 Å². The summed E-state index contributed by atoms with van der Waals surface area (Å²) in [5, 5.41) is 19.3. The zero-order valence-corrected chi connectivity index (χ0v) is 11.4. The van der Waals surface area contributed by atoms with Crippen LogP contribution in [0.25, 0.3) is 0 Å². The van der Waals surface area contributed by atoms with E-state index in [4.69, 9.17) is 5.11 Å². The van der Waals surface area contributed by atoms with Gasteiger partial charge in [-0.05, 0) is 12.8 Å². The van der Waals surface area contributed by atoms with Crippen molar-refractivity contribution in [2.75, 3.05) is 17.6 Å². The van der Waals surface area contributed by atoms with E-state index in [-0.39, 0.29) is 12.2 Å². The molecule has 19 heavy (non-hydrogen) atoms. The van der Waals surface area contributed by atoms with Crippen LogP contribution in [-0.2, 0) is 4.79 Å². The Morgan fingerprint density at radius 1 is 1.37 bits per heavy atom. The van der Waals surface area contributed by atoms with Gasteiger partial charge in [-0.3, -0.25) is 4.79 Å². The predicted molar refractivity (Wildman–Crippen MR) is 66.7 cm³/mol. The monoisotopic (exact) mass is 315 g/mol. The smallest absolute Gasteiger partial charge is 0.389 e. The van der Waals surface area contributed by atoms with E-state index in [1.807, 2.05) is 0 Å². The molecule has 0 saturated carbocycles. The lowest BCUT2D eigenvalue weighted by molar-refractivity contribution is -0.136. The molecule has 0 aliphatic rings. The third kappa shape index (κ3) is 7.88. The van der Waals surface area contributed by atoms with Crippen LogP contribution in [0.4, 0.5) is 18.3 Å². The van der Waals surface area contributed by atoms with Crippen molar-refractivity contribution in [2.24, 2.45) is 0 Å². The van der Waals surface area contributed by atoms with Gasteiger partial charge in [-0.15, -0.1) is 10.2 Å². The number of carboxylic acid groups (broad SMARTS) is 1. The van der Waals surface area contributed by atoms with Gasteiger partial charge in [0.2, 0.25) is 5.13 Å². The molecule has 0 aromatic carbocycles. The number of rotatable bonds is 8. The molecule has 1 aromatic heterocycles. The normalized spacial score (nSPS) is 11.5. The summed E-state index contributed by atoms with van der Waals surface area (Å²) in [6.07, 6.45) is -4.44. The van der Waals surface area contributed by atoms with Gasteiger partial charge in [0.25, 0.3) is 0 Å². The average molecular weight is 315 g/mol. The largest absolute Gasteiger partial charge is 0.481 e. The lowest BCUT2D eigenvalue weighted by Crippen LogP contribution is -2.08. The second kappa shape index (κ2) is 7.53. The van der Waals surface area contributed by atoms with Gasteiger partial charge in [0.15, 0.2) is 4.34 Å². The maximum atomic E-state index is 11.9. The number of nitrogens with one attached hydrogen (secondary N) is 1. The van der Waals surface area contributed by atoms with Crippen LogP contribution in [0.3, 0.4) is 0 Å². The van der Waals surface area contributed by atoms with E-state index in [0.29, 0.717) is 22.4 Å². The molecule has 0 aliphatic carbocycles. The highest BCUT2D eigenvalue weighted by atomic mass is 32.2. The van der Waals surface area contributed by atoms with Gasteiger partial charge < -0.3 is 10.4 Å². The number of anilines is 1. The lowest BCUT2D eigenvalue weighted by Gasteiger charge is -2.05. The van der Waals surface area contributed by atoms with Gasteiger partial charge in [0.05, 0.1) is 5.75 Å². The van der Waals surface area contributed by atoms with E-state index >= 15 is 0 Å². The Hall–Kier alpha value is -1.03. The molecule has 0 unspecified atom stereocenters. The van der Waals surface area contributed by atoms with Crippen molar-refractivity contribution >= 4 is 34.2 Å². The number of aromatic nitrogens is 2. The van der Waals surface area contributed by atoms with Gasteiger partial charge in [-0.2, -0.15) is 13.2 Å². The molecule has 0 bridgehead atoms. The van der Waals surface area contributed by atoms with E-state index in [1.54, 1.807) is 0 Å². The number of nitrogens with zero attached hydrogens (tertiary/aromatic N) is 2. The summed E-state index contributed by atoms with van der Waals surface area (Å²) in [6, 6.07) is 0. The third-order valence-electron chi connectivity index (χ3n) is 1.89. The van der Waals surface area contributed by atoms with E-state index in [1.165, 1.54) is 11.3 Å². The van der Waals surface area contributed by atoms with E-state index in [0.717, 1.165) is 11.8 Å². The Balaban J connectivity index is 2.18. The van der Waals surface area contributed by atoms with Gasteiger partial charge in [0, 0.05) is 13.0 Å². The number of halogens is 3. The maximum absolute atomic E-state index is 11.9. The van der Waals surface area contributed by atoms with Crippen LogP contribution in [0.2, 0.25) is 0 Å². The number of hydrogen-bond donors (Lipinski definition) is 2. The maximum Gasteiger partial charge on any atom is 0.389 e. The Bertz CT molecular complexity index is 412. The number of alkyl halides is 3. The minimum atomic E-state index is -4.11. The van der Waals surface area contributed by atoms with Crippen LogP contribution >= 0.6 is 23.1 Å². The van der Waals surface area contributed by atoms with Crippen molar-refractivity contribution in [3.8, 4) is 0 Å². The van der Waals surface area contributed by atoms with Crippen LogP contribution in [-0.4, -0.2) is 39.7 Å². The average Bonchev–Trinajstić information content (AvgIpc) is 2.72. The summed E-state index contributed by atoms with van der Waals surface area (Å²) in [5.41, 5.74) is 0. The fourth-order valence-electron chi connectivity index (χ4n) is 1.11. The molecule has 5 nitrogen and oxygen atoms in total. The summed E-state index contributed by atoms with van der Waals surface area (Å²) in [4.78, 5) is 10.3. The van der Waals surface area contributed by atoms with Gasteiger partial charge in [0.1, 0.15) is 0 Å². The van der Waals surface area contributed by atoms with E-state index in [2.05, 4.69) is 15.5 Å². The predicted octanol–water partition coefficient (Wildman–Crippen LogP) is 2.86. The Morgan fingerprint density at radius 2 is 2.11 bits per heavy atom. The first-order valence-electron chi connectivity index (χ1n) is 5.35. The SMILES string of the molecule is O=C(O)CSc1nnc(NCCCCC(F)(F)F)s1. The van der Waals surface area contributed by atoms with Gasteiger partial charge >= 0.3 is 12.1 Å². The van der Waals surface area contributed by atoms with Crippen LogP contribution in [0.15, 0.2) is 4.34 Å². The van der Waals surface area contributed by atoms with Crippen LogP contribution in [0, 0.1) is 0 Å². The summed E-state index contributed by atoms with van der Waals surface area (Å²) >= 11 is 2.24. The molecule has 2 N–H and O–H groups in total. The quantitative estimate of drug-likeness (QED) is 0.567. The Kier molecular flexibility index (Phi) is 6.35. The molecule has 108 valence electrons. The van der Waals surface area contributed by atoms with E-state index in [9.17, 15) is 18.0 Å². The van der Waals surface area contributed by atoms with Crippen molar-refractivity contribution in [1.29, 1.82) is 0 Å². The number of thioether (sulfide) groups is 1. The molecule has 10 heteroatoms. The molecule has 0 spiro atoms. The zero-order valence-electron chi connectivity index (χ0n) is 9.74. The number of carboxylic acids is 1. The molecular formula is C9H12F3N3O2S2. The molecule has 0 saturated heterocycles. The molecule has 0 fully saturated rings. The second-order valence-corrected chi connectivity index (χ2v) is 5.75. The van der Waals surface area contributed by atoms with Crippen LogP contribution < -0.4 is 5.32 Å². The highest BCUT2D eigenvalue weighted by molar-refractivity contribution is 8.01. The zero-order chi connectivity index (χ0) is 14.3. The van der Waals surface area contributed by atoms with Crippen molar-refractivity contribution in [3.05, 3.63) is 0 Å². The summed E-state index contributed by atoms with van der Waals surface area (Å²) < 4.78 is 36.1. The molecule has 0 amide bonds. The molecule has 1 rings (SSSR count). The molecular weight excluding hydrogens is 303 g/mol. The summed E-state index contributed by atoms with van der Waals surface area (Å²) in [7, 11) is 0. The summed E-state index contributed by atoms with van der Waals surface area (Å²) in [5.74, 6) is -1.04. The highest BCUT2D eigenvalue weighted by Crippen LogP contribution is 2.25. The molecule has 0 atom stereocenters. The van der Waals surface area contributed by atoms with Crippen molar-refractivity contribution in [3.63, 3.8) is 0 Å². The first kappa shape index (κ1) is 16.0. The van der Waals surface area contributed by atoms with Crippen molar-refractivity contribution in [1.82, 2.24) is 10.2 Å². The fraction of sp³-hybridized carbons (Fsp3) is 0.667. The highest BCUT2D eigenvalue weighted by Gasteiger charge is 2.25. The second-order valence-electron chi connectivity index (χ2n) is 3.55. The fourth-order valence-corrected chi connectivity index (χ4v) is 2.61. The molecule has 1 heterocycles. The van der Waals surface area contributed by atoms with Crippen molar-refractivity contribution < 1.29 is 23.1 Å². The van der Waals surface area contributed by atoms with Crippen LogP contribution in [0.1, 0.15) is 19.3 Å². The van der Waals surface area contributed by atoms with Gasteiger partial charge in [-0.1, -0.05) is 23.1 Å². The Labute approximate surface area is 115 Å². The molecule has 0 radical (unpaired) electrons. The first-order chi connectivity index (χ1) is 8.87. The summed E-state index contributed by atoms with van der Waals surface area (Å²) in [6.45, 7) is 0.383. The Morgan fingerprint density at radius 3 is 2.74 bits per heavy atom. The van der Waals surface area contributed by atoms with Crippen LogP contribution in [0.5, 0.6) is 0 Å². The third-order valence-corrected chi connectivity index (χ3v) is 3.89. The number of aliphatic carboxylic acids is 1. The first-order valence-corrected chi connectivity index (χ1v) is 7.16.